The van der Waals surface area contributed by atoms with Gasteiger partial charge in [-0.15, -0.1) is 0 Å². The fourth-order valence-electron chi connectivity index (χ4n) is 13.6. The maximum absolute atomic E-state index is 16.2. The molecule has 7 aliphatic heterocycles. The molecule has 7 aliphatic rings. The first-order valence-corrected chi connectivity index (χ1v) is 34.1. The molecule has 6 aromatic carbocycles. The molecule has 13 rings (SSSR count). The number of rotatable bonds is 15. The number of carbonyl (C=O) groups is 9. The Balaban J connectivity index is 1.21. The van der Waals surface area contributed by atoms with Crippen molar-refractivity contribution in [3.63, 3.8) is 0 Å². The van der Waals surface area contributed by atoms with Gasteiger partial charge >= 0.3 is 5.97 Å². The summed E-state index contributed by atoms with van der Waals surface area (Å²) in [5.74, 6) is -16.7. The molecule has 8 amide bonds. The number of carbonyl (C=O) groups excluding carboxylic acids is 8. The second-order valence-electron chi connectivity index (χ2n) is 27.6. The minimum Gasteiger partial charge on any atom is -0.508 e. The lowest BCUT2D eigenvalue weighted by Gasteiger charge is -2.47. The highest BCUT2D eigenvalue weighted by Crippen LogP contribution is 2.50. The number of primary amides is 2. The fourth-order valence-corrected chi connectivity index (χ4v) is 13.6. The Kier molecular flexibility index (Phi) is 22.9. The van der Waals surface area contributed by atoms with Gasteiger partial charge in [0.2, 0.25) is 59.3 Å². The van der Waals surface area contributed by atoms with Crippen LogP contribution >= 0.6 is 0 Å². The predicted octanol–water partition coefficient (Wildman–Crippen LogP) is -0.435. The van der Waals surface area contributed by atoms with E-state index in [0.29, 0.717) is 0 Å². The number of aliphatic hydroxyl groups is 6. The molecule has 18 atom stereocenters. The Morgan fingerprint density at radius 1 is 0.685 bits per heavy atom. The molecule has 0 aliphatic carbocycles. The van der Waals surface area contributed by atoms with Crippen molar-refractivity contribution in [3.05, 3.63) is 143 Å². The number of benzene rings is 6. The number of nitrogens with one attached hydrogen (secondary N) is 7. The summed E-state index contributed by atoms with van der Waals surface area (Å²) >= 11 is 0. The number of carboxylic acids is 1. The van der Waals surface area contributed by atoms with E-state index in [9.17, 15) is 75.0 Å². The maximum Gasteiger partial charge on any atom is 0.330 e. The largest absolute Gasteiger partial charge is 0.508 e. The number of hydrogen-bond donors (Lipinski definition) is 20. The number of carboxylic acid groups (broad SMARTS) is 1. The van der Waals surface area contributed by atoms with Crippen LogP contribution in [0, 0.1) is 5.92 Å². The third-order valence-electron chi connectivity index (χ3n) is 19.2. The summed E-state index contributed by atoms with van der Waals surface area (Å²) < 4.78 is 39.1. The highest BCUT2D eigenvalue weighted by atomic mass is 16.8. The molecule has 11 bridgehead atoms. The number of phenolic OH excluding ortho intramolecular Hbond substituents is 3. The lowest BCUT2D eigenvalue weighted by molar-refractivity contribution is -0.333. The number of aliphatic carboxylic acids is 1. The van der Waals surface area contributed by atoms with Gasteiger partial charge in [-0.2, -0.15) is 0 Å². The van der Waals surface area contributed by atoms with Gasteiger partial charge in [-0.05, 0) is 128 Å². The molecule has 0 radical (unpaired) electrons. The molecule has 2 saturated heterocycles. The van der Waals surface area contributed by atoms with Crippen molar-refractivity contribution in [3.8, 4) is 68.2 Å². The van der Waals surface area contributed by atoms with Crippen LogP contribution in [0.2, 0.25) is 0 Å². The number of amides is 8. The van der Waals surface area contributed by atoms with Gasteiger partial charge in [0.25, 0.3) is 0 Å². The van der Waals surface area contributed by atoms with Crippen LogP contribution in [0.5, 0.6) is 46.0 Å². The molecule has 35 heteroatoms. The molecule has 2 fully saturated rings. The Bertz CT molecular complexity index is 4500. The van der Waals surface area contributed by atoms with Crippen molar-refractivity contribution in [2.75, 3.05) is 13.7 Å². The number of fused-ring (bicyclic) bond motifs is 15. The molecule has 23 N–H and O–H groups in total. The first-order chi connectivity index (χ1) is 51.1. The first-order valence-electron chi connectivity index (χ1n) is 34.1. The summed E-state index contributed by atoms with van der Waals surface area (Å²) in [7, 11) is 1.48. The van der Waals surface area contributed by atoms with Gasteiger partial charge in [0.1, 0.15) is 89.5 Å². The molecule has 6 aromatic rings. The fraction of sp³-hybridized carbons (Fsp3) is 0.384. The second kappa shape index (κ2) is 31.8. The SMILES string of the molecule is CN[C@@H](CC(C)C)C(=O)N[C@@H]1C(=O)N[C@H](CC(N)=O)C(=O)N[C@@H]2C(=O)N[C@@H]3C(=O)N[C@@H](C(=O)N[C@H](C(=O)O)c4cc(O)cc(O)c4-c4cc3ccc4O)[C@@H](O)c3ccc(c(-c4cccc(C(N)=O)c4)c3)Oc3cc2cc(c3O[C@@H]2O[C@H](CO)[C@@H](O)[C@H](O)[C@H]2O[C@H]2C[C@](C)(N)[C@H](O)[C@H](C)O2)Oc2ccc(cc2)[C@@H]1O. The van der Waals surface area contributed by atoms with Crippen LogP contribution in [0.4, 0.5) is 0 Å². The zero-order valence-electron chi connectivity index (χ0n) is 58.4. The van der Waals surface area contributed by atoms with Gasteiger partial charge in [0, 0.05) is 45.8 Å². The zero-order valence-corrected chi connectivity index (χ0v) is 58.4. The number of nitrogens with two attached hydrogens (primary N) is 3. The van der Waals surface area contributed by atoms with Crippen LogP contribution in [-0.2, 0) is 52.6 Å². The van der Waals surface area contributed by atoms with Crippen molar-refractivity contribution < 1.29 is 123 Å². The number of hydrogen-bond acceptors (Lipinski definition) is 26. The van der Waals surface area contributed by atoms with Crippen LogP contribution in [0.25, 0.3) is 22.3 Å². The van der Waals surface area contributed by atoms with Crippen LogP contribution in [0.3, 0.4) is 0 Å². The lowest BCUT2D eigenvalue weighted by Crippen LogP contribution is -2.64. The van der Waals surface area contributed by atoms with E-state index in [1.54, 1.807) is 0 Å². The van der Waals surface area contributed by atoms with Gasteiger partial charge in [-0.3, -0.25) is 38.4 Å². The van der Waals surface area contributed by atoms with Crippen LogP contribution < -0.4 is 68.6 Å². The summed E-state index contributed by atoms with van der Waals surface area (Å²) in [4.78, 5) is 131. The van der Waals surface area contributed by atoms with E-state index in [1.165, 1.54) is 87.6 Å². The highest BCUT2D eigenvalue weighted by Gasteiger charge is 2.52. The quantitative estimate of drug-likeness (QED) is 0.0620. The number of aromatic hydroxyl groups is 3. The zero-order chi connectivity index (χ0) is 78.2. The summed E-state index contributed by atoms with van der Waals surface area (Å²) in [5.41, 5.74) is 13.8. The minimum absolute atomic E-state index is 0.0461. The summed E-state index contributed by atoms with van der Waals surface area (Å²) in [6.45, 7) is 5.67. The van der Waals surface area contributed by atoms with Crippen LogP contribution in [-0.4, -0.2) is 197 Å². The number of likely N-dealkylation sites (N-methyl/N-ethyl adjacent to an activating group) is 1. The van der Waals surface area contributed by atoms with Crippen LogP contribution in [0.1, 0.15) is 115 Å². The summed E-state index contributed by atoms with van der Waals surface area (Å²) in [6, 6.07) is 6.62. The third-order valence-corrected chi connectivity index (χ3v) is 19.2. The molecule has 35 nitrogen and oxygen atoms in total. The van der Waals surface area contributed by atoms with Crippen molar-refractivity contribution in [1.82, 2.24) is 37.2 Å². The van der Waals surface area contributed by atoms with Crippen LogP contribution in [0.15, 0.2) is 109 Å². The van der Waals surface area contributed by atoms with E-state index in [0.717, 1.165) is 42.5 Å². The lowest BCUT2D eigenvalue weighted by atomic mass is 9.86. The number of phenols is 3. The molecule has 7 heterocycles. The monoisotopic (exact) mass is 1500 g/mol. The van der Waals surface area contributed by atoms with E-state index in [-0.39, 0.29) is 63.6 Å². The topological polar surface area (TPSA) is 574 Å². The Morgan fingerprint density at radius 2 is 1.34 bits per heavy atom. The maximum atomic E-state index is 16.2. The summed E-state index contributed by atoms with van der Waals surface area (Å²) in [5, 5.41) is 133. The van der Waals surface area contributed by atoms with Gasteiger partial charge in [0.15, 0.2) is 29.9 Å². The molecule has 0 aromatic heterocycles. The molecular weight excluding hydrogens is 1420 g/mol. The van der Waals surface area contributed by atoms with Crippen molar-refractivity contribution >= 4 is 53.2 Å². The van der Waals surface area contributed by atoms with Crippen molar-refractivity contribution in [2.24, 2.45) is 23.1 Å². The number of ether oxygens (including phenoxy) is 6. The van der Waals surface area contributed by atoms with Crippen molar-refractivity contribution in [1.29, 1.82) is 0 Å². The predicted molar refractivity (Wildman–Crippen MR) is 373 cm³/mol. The first kappa shape index (κ1) is 78.0. The van der Waals surface area contributed by atoms with E-state index >= 15 is 19.2 Å². The molecule has 0 unspecified atom stereocenters. The normalized spacial score (nSPS) is 28.2. The van der Waals surface area contributed by atoms with E-state index < -0.39 is 232 Å². The molecule has 0 spiro atoms. The molecular formula is C73H82N10O25. The second-order valence-corrected chi connectivity index (χ2v) is 27.6. The van der Waals surface area contributed by atoms with E-state index in [4.69, 9.17) is 45.6 Å². The van der Waals surface area contributed by atoms with Gasteiger partial charge in [0.05, 0.1) is 31.3 Å². The Hall–Kier alpha value is -11.1. The number of aliphatic hydroxyl groups excluding tert-OH is 6. The van der Waals surface area contributed by atoms with Gasteiger partial charge in [-0.1, -0.05) is 50.2 Å². The third kappa shape index (κ3) is 16.4. The molecule has 0 saturated carbocycles. The highest BCUT2D eigenvalue weighted by molar-refractivity contribution is 6.01. The Labute approximate surface area is 614 Å². The standard InChI is InChI=1S/C73H82N10O25/c1-28(2)17-41(77-5)65(95)82-55-57(89)30-9-13-37(14-10-30)104-46-21-35-22-47(61(46)108-72-62(60(92)59(91)48(27-84)106-72)107-50-26-73(4,76)63(93)29(3)103-50)105-45-16-12-33(20-38(45)31-7-6-8-34(18-31)64(75)94)58(90)56-70(100)81-54(71(101)102)40-23-36(85)24-44(87)51(40)39-19-32(11-15-43(39)86)52(67(97)83-56)80-68(98)53(35)79-66(96)42(25-49(74)88)78-69(55)99/h6-16,18-24,28-29,41-42,48,50,52-60,62-63,72,77,84-87,89-93H,17,25-27,76H2,1-5H3,(H2,74,88)(H2,75,94)(H,78,99)(H,79,96)(H,80,98)(H,81,100)(H,82,95)(H,83,97)(H,101,102)/t29-,41-,42+,48+,50-,52-,53-,54-,55-,56+,57-,58-,59+,60-,62+,63+,72-,73-/m0/s1. The van der Waals surface area contributed by atoms with E-state index in [1.807, 2.05) is 13.8 Å². The summed E-state index contributed by atoms with van der Waals surface area (Å²) in [6.07, 6.45) is -18.7. The smallest absolute Gasteiger partial charge is 0.330 e. The Morgan fingerprint density at radius 3 is 2.00 bits per heavy atom. The molecule has 108 heavy (non-hydrogen) atoms. The average Bonchev–Trinajstić information content (AvgIpc) is 0.766. The van der Waals surface area contributed by atoms with Crippen molar-refractivity contribution in [2.45, 2.75) is 156 Å². The van der Waals surface area contributed by atoms with Gasteiger partial charge in [-0.25, -0.2) is 4.79 Å². The van der Waals surface area contributed by atoms with Gasteiger partial charge < -0.3 is 134 Å². The minimum atomic E-state index is -2.36. The molecule has 574 valence electrons. The van der Waals surface area contributed by atoms with E-state index in [2.05, 4.69) is 37.2 Å². The average molecular weight is 1500 g/mol.